The van der Waals surface area contributed by atoms with Crippen LogP contribution >= 0.6 is 0 Å². The molecule has 4 atom stereocenters. The maximum Gasteiger partial charge on any atom is 0.310 e. The van der Waals surface area contributed by atoms with Crippen molar-refractivity contribution in [3.8, 4) is 0 Å². The fraction of sp³-hybridized carbons (Fsp3) is 0.750. The fourth-order valence-electron chi connectivity index (χ4n) is 1.70. The molecule has 0 bridgehead atoms. The number of carbonyl (C=O) groups is 1. The normalized spacial score (nSPS) is 34.2. The van der Waals surface area contributed by atoms with E-state index in [0.29, 0.717) is 19.6 Å². The van der Waals surface area contributed by atoms with Crippen molar-refractivity contribution < 1.29 is 24.5 Å². The Kier molecular flexibility index (Phi) is 6.28. The molecular formula is C12H21NO5. The van der Waals surface area contributed by atoms with Gasteiger partial charge in [0.25, 0.3) is 0 Å². The molecule has 6 heteroatoms. The van der Waals surface area contributed by atoms with Crippen LogP contribution in [0.25, 0.3) is 0 Å². The molecule has 1 aliphatic rings. The summed E-state index contributed by atoms with van der Waals surface area (Å²) in [7, 11) is 1.54. The van der Waals surface area contributed by atoms with Gasteiger partial charge in [0.1, 0.15) is 6.23 Å². The smallest absolute Gasteiger partial charge is 0.310 e. The molecule has 0 aliphatic carbocycles. The molecule has 1 heterocycles. The van der Waals surface area contributed by atoms with Crippen molar-refractivity contribution in [1.29, 1.82) is 0 Å². The predicted octanol–water partition coefficient (Wildman–Crippen LogP) is 0.180. The summed E-state index contributed by atoms with van der Waals surface area (Å²) in [4.78, 5) is 11.0. The van der Waals surface area contributed by atoms with E-state index in [1.54, 1.807) is 26.2 Å². The van der Waals surface area contributed by atoms with Gasteiger partial charge in [0.05, 0.1) is 12.5 Å². The topological polar surface area (TPSA) is 88.0 Å². The number of methoxy groups -OCH3 is 1. The van der Waals surface area contributed by atoms with E-state index in [1.807, 2.05) is 0 Å². The van der Waals surface area contributed by atoms with E-state index < -0.39 is 24.4 Å². The number of carboxylic acids is 1. The van der Waals surface area contributed by atoms with Crippen LogP contribution in [0, 0.1) is 11.8 Å². The molecular weight excluding hydrogens is 238 g/mol. The average Bonchev–Trinajstić information content (AvgIpc) is 2.31. The Morgan fingerprint density at radius 2 is 2.28 bits per heavy atom. The van der Waals surface area contributed by atoms with Gasteiger partial charge >= 0.3 is 5.97 Å². The number of aliphatic hydroxyl groups is 1. The minimum absolute atomic E-state index is 0.272. The summed E-state index contributed by atoms with van der Waals surface area (Å²) < 4.78 is 10.4. The lowest BCUT2D eigenvalue weighted by Gasteiger charge is -2.26. The van der Waals surface area contributed by atoms with E-state index in [0.717, 1.165) is 0 Å². The highest BCUT2D eigenvalue weighted by Crippen LogP contribution is 2.14. The minimum atomic E-state index is -0.985. The molecule has 0 aromatic rings. The summed E-state index contributed by atoms with van der Waals surface area (Å²) in [6.45, 7) is 2.55. The van der Waals surface area contributed by atoms with Gasteiger partial charge in [0.2, 0.25) is 0 Å². The van der Waals surface area contributed by atoms with Crippen LogP contribution in [0.5, 0.6) is 0 Å². The van der Waals surface area contributed by atoms with Gasteiger partial charge in [0, 0.05) is 13.0 Å². The Hall–Kier alpha value is -0.950. The monoisotopic (exact) mass is 259 g/mol. The van der Waals surface area contributed by atoms with Gasteiger partial charge < -0.3 is 19.7 Å². The second-order valence-electron chi connectivity index (χ2n) is 4.40. The van der Waals surface area contributed by atoms with Crippen LogP contribution < -0.4 is 5.32 Å². The third-order valence-electron chi connectivity index (χ3n) is 2.86. The van der Waals surface area contributed by atoms with Crippen molar-refractivity contribution in [1.82, 2.24) is 5.32 Å². The molecule has 0 spiro atoms. The second kappa shape index (κ2) is 7.48. The van der Waals surface area contributed by atoms with E-state index in [1.165, 1.54) is 0 Å². The molecule has 0 aromatic heterocycles. The first-order valence-electron chi connectivity index (χ1n) is 6.01. The third kappa shape index (κ3) is 4.73. The number of ether oxygens (including phenoxy) is 2. The van der Waals surface area contributed by atoms with Crippen LogP contribution in [0.2, 0.25) is 0 Å². The summed E-state index contributed by atoms with van der Waals surface area (Å²) >= 11 is 0. The zero-order valence-electron chi connectivity index (χ0n) is 10.7. The van der Waals surface area contributed by atoms with Crippen molar-refractivity contribution in [3.05, 3.63) is 12.2 Å². The number of carboxylic acid groups (broad SMARTS) is 1. The van der Waals surface area contributed by atoms with Crippen LogP contribution in [0.15, 0.2) is 12.2 Å². The highest BCUT2D eigenvalue weighted by Gasteiger charge is 2.22. The number of nitrogens with one attached hydrogen (secondary N) is 1. The predicted molar refractivity (Wildman–Crippen MR) is 64.8 cm³/mol. The lowest BCUT2D eigenvalue weighted by atomic mass is 10.0. The van der Waals surface area contributed by atoms with Gasteiger partial charge in [-0.15, -0.1) is 0 Å². The van der Waals surface area contributed by atoms with E-state index in [9.17, 15) is 9.90 Å². The SMILES string of the molecule is COCC1NCCC(C(=O)O)C=CC(C)C(O)O1. The number of aliphatic carboxylic acids is 1. The summed E-state index contributed by atoms with van der Waals surface area (Å²) in [5, 5.41) is 21.9. The van der Waals surface area contributed by atoms with E-state index in [-0.39, 0.29) is 5.92 Å². The summed E-state index contributed by atoms with van der Waals surface area (Å²) in [5.74, 6) is -1.68. The van der Waals surface area contributed by atoms with Gasteiger partial charge in [-0.25, -0.2) is 0 Å². The van der Waals surface area contributed by atoms with Crippen molar-refractivity contribution in [3.63, 3.8) is 0 Å². The molecule has 0 amide bonds. The molecule has 0 fully saturated rings. The average molecular weight is 259 g/mol. The molecule has 4 unspecified atom stereocenters. The first kappa shape index (κ1) is 15.1. The fourth-order valence-corrected chi connectivity index (χ4v) is 1.70. The number of aliphatic hydroxyl groups excluding tert-OH is 1. The lowest BCUT2D eigenvalue weighted by molar-refractivity contribution is -0.174. The van der Waals surface area contributed by atoms with Crippen molar-refractivity contribution >= 4 is 5.97 Å². The van der Waals surface area contributed by atoms with E-state index in [2.05, 4.69) is 5.32 Å². The minimum Gasteiger partial charge on any atom is -0.481 e. The van der Waals surface area contributed by atoms with Crippen molar-refractivity contribution in [2.24, 2.45) is 11.8 Å². The standard InChI is InChI=1S/C12H21NO5/c1-8-3-4-9(11(14)15)5-6-13-10(7-17-2)18-12(8)16/h3-4,8-10,12-13,16H,5-7H2,1-2H3,(H,14,15). The Labute approximate surface area is 107 Å². The molecule has 0 saturated heterocycles. The first-order valence-corrected chi connectivity index (χ1v) is 6.01. The summed E-state index contributed by atoms with van der Waals surface area (Å²) in [6, 6.07) is 0. The summed E-state index contributed by atoms with van der Waals surface area (Å²) in [6.07, 6.45) is 2.34. The summed E-state index contributed by atoms with van der Waals surface area (Å²) in [5.41, 5.74) is 0. The molecule has 1 rings (SSSR count). The van der Waals surface area contributed by atoms with Gasteiger partial charge in [0.15, 0.2) is 6.29 Å². The maximum atomic E-state index is 11.0. The third-order valence-corrected chi connectivity index (χ3v) is 2.86. The molecule has 104 valence electrons. The Bertz CT molecular complexity index is 294. The molecule has 0 aromatic carbocycles. The van der Waals surface area contributed by atoms with Crippen LogP contribution in [0.1, 0.15) is 13.3 Å². The van der Waals surface area contributed by atoms with Gasteiger partial charge in [-0.2, -0.15) is 0 Å². The highest BCUT2D eigenvalue weighted by atomic mass is 16.6. The molecule has 0 radical (unpaired) electrons. The zero-order valence-corrected chi connectivity index (χ0v) is 10.7. The number of hydrogen-bond acceptors (Lipinski definition) is 5. The van der Waals surface area contributed by atoms with Crippen molar-refractivity contribution in [2.75, 3.05) is 20.3 Å². The number of hydrogen-bond donors (Lipinski definition) is 3. The van der Waals surface area contributed by atoms with E-state index >= 15 is 0 Å². The molecule has 3 N–H and O–H groups in total. The van der Waals surface area contributed by atoms with Crippen LogP contribution in [-0.2, 0) is 14.3 Å². The van der Waals surface area contributed by atoms with Gasteiger partial charge in [-0.1, -0.05) is 19.1 Å². The van der Waals surface area contributed by atoms with Crippen LogP contribution in [-0.4, -0.2) is 49.0 Å². The Morgan fingerprint density at radius 3 is 2.89 bits per heavy atom. The quantitative estimate of drug-likeness (QED) is 0.627. The number of rotatable bonds is 3. The molecule has 6 nitrogen and oxygen atoms in total. The van der Waals surface area contributed by atoms with Gasteiger partial charge in [-0.05, 0) is 13.0 Å². The highest BCUT2D eigenvalue weighted by molar-refractivity contribution is 5.72. The molecule has 1 aliphatic heterocycles. The second-order valence-corrected chi connectivity index (χ2v) is 4.40. The Morgan fingerprint density at radius 1 is 1.56 bits per heavy atom. The van der Waals surface area contributed by atoms with Crippen molar-refractivity contribution in [2.45, 2.75) is 25.9 Å². The molecule has 18 heavy (non-hydrogen) atoms. The van der Waals surface area contributed by atoms with Gasteiger partial charge in [-0.3, -0.25) is 10.1 Å². The Balaban J connectivity index is 2.72. The van der Waals surface area contributed by atoms with Crippen LogP contribution in [0.3, 0.4) is 0 Å². The lowest BCUT2D eigenvalue weighted by Crippen LogP contribution is -2.42. The molecule has 0 saturated carbocycles. The maximum absolute atomic E-state index is 11.0. The largest absolute Gasteiger partial charge is 0.481 e. The van der Waals surface area contributed by atoms with E-state index in [4.69, 9.17) is 14.6 Å². The van der Waals surface area contributed by atoms with Crippen LogP contribution in [0.4, 0.5) is 0 Å². The first-order chi connectivity index (χ1) is 8.54. The zero-order chi connectivity index (χ0) is 13.5.